The number of benzene rings is 1. The summed E-state index contributed by atoms with van der Waals surface area (Å²) in [6, 6.07) is 9.92. The van der Waals surface area contributed by atoms with Gasteiger partial charge >= 0.3 is 13.6 Å². The SMILES string of the molecule is COP(=O)(OC)C(OC(=O)COc1ccc(Cl)cc1C)c1ccccn1. The van der Waals surface area contributed by atoms with Crippen LogP contribution < -0.4 is 4.74 Å². The molecule has 1 heterocycles. The van der Waals surface area contributed by atoms with Gasteiger partial charge in [0.25, 0.3) is 0 Å². The van der Waals surface area contributed by atoms with Crippen LogP contribution in [0.1, 0.15) is 17.1 Å². The van der Waals surface area contributed by atoms with E-state index in [4.69, 9.17) is 30.1 Å². The molecule has 9 heteroatoms. The van der Waals surface area contributed by atoms with Crippen LogP contribution in [0.4, 0.5) is 0 Å². The normalized spacial score (nSPS) is 12.5. The second-order valence-electron chi connectivity index (χ2n) is 5.20. The highest BCUT2D eigenvalue weighted by molar-refractivity contribution is 7.54. The van der Waals surface area contributed by atoms with Gasteiger partial charge < -0.3 is 18.5 Å². The highest BCUT2D eigenvalue weighted by Gasteiger charge is 2.40. The first-order valence-corrected chi connectivity index (χ1v) is 9.59. The molecular formula is C17H19ClNO6P. The largest absolute Gasteiger partial charge is 0.482 e. The first-order chi connectivity index (χ1) is 12.4. The van der Waals surface area contributed by atoms with E-state index in [0.717, 1.165) is 5.56 Å². The van der Waals surface area contributed by atoms with Crippen molar-refractivity contribution in [2.45, 2.75) is 12.8 Å². The molecule has 26 heavy (non-hydrogen) atoms. The molecule has 1 unspecified atom stereocenters. The van der Waals surface area contributed by atoms with Crippen molar-refractivity contribution in [1.82, 2.24) is 4.98 Å². The number of ether oxygens (including phenoxy) is 2. The van der Waals surface area contributed by atoms with Gasteiger partial charge in [-0.25, -0.2) is 4.79 Å². The number of hydrogen-bond acceptors (Lipinski definition) is 7. The summed E-state index contributed by atoms with van der Waals surface area (Å²) in [5.41, 5.74) is 1.02. The van der Waals surface area contributed by atoms with Gasteiger partial charge in [0.05, 0.1) is 5.69 Å². The van der Waals surface area contributed by atoms with Crippen LogP contribution in [-0.2, 0) is 23.1 Å². The van der Waals surface area contributed by atoms with Crippen molar-refractivity contribution >= 4 is 25.2 Å². The Morgan fingerprint density at radius 3 is 2.54 bits per heavy atom. The predicted molar refractivity (Wildman–Crippen MR) is 96.4 cm³/mol. The van der Waals surface area contributed by atoms with Crippen LogP contribution in [0, 0.1) is 6.92 Å². The fraction of sp³-hybridized carbons (Fsp3) is 0.294. The monoisotopic (exact) mass is 399 g/mol. The third kappa shape index (κ3) is 5.05. The van der Waals surface area contributed by atoms with Crippen LogP contribution >= 0.6 is 19.2 Å². The lowest BCUT2D eigenvalue weighted by molar-refractivity contribution is -0.149. The number of esters is 1. The van der Waals surface area contributed by atoms with Crippen LogP contribution in [0.5, 0.6) is 5.75 Å². The molecule has 0 amide bonds. The van der Waals surface area contributed by atoms with E-state index in [2.05, 4.69) is 4.98 Å². The number of halogens is 1. The average molecular weight is 400 g/mol. The van der Waals surface area contributed by atoms with Crippen molar-refractivity contribution in [2.24, 2.45) is 0 Å². The summed E-state index contributed by atoms with van der Waals surface area (Å²) >= 11 is 5.89. The Bertz CT molecular complexity index is 793. The third-order valence-electron chi connectivity index (χ3n) is 3.46. The van der Waals surface area contributed by atoms with Gasteiger partial charge in [0.15, 0.2) is 6.61 Å². The Morgan fingerprint density at radius 1 is 1.23 bits per heavy atom. The lowest BCUT2D eigenvalue weighted by Crippen LogP contribution is -2.20. The van der Waals surface area contributed by atoms with Crippen molar-refractivity contribution in [1.29, 1.82) is 0 Å². The fourth-order valence-electron chi connectivity index (χ4n) is 2.14. The number of carbonyl (C=O) groups excluding carboxylic acids is 1. The topological polar surface area (TPSA) is 84.0 Å². The molecule has 2 rings (SSSR count). The second-order valence-corrected chi connectivity index (χ2v) is 7.92. The molecule has 1 aromatic heterocycles. The van der Waals surface area contributed by atoms with Gasteiger partial charge in [-0.15, -0.1) is 0 Å². The molecule has 0 spiro atoms. The highest BCUT2D eigenvalue weighted by atomic mass is 35.5. The third-order valence-corrected chi connectivity index (χ3v) is 5.66. The molecule has 2 aromatic rings. The van der Waals surface area contributed by atoms with Crippen molar-refractivity contribution in [3.63, 3.8) is 0 Å². The van der Waals surface area contributed by atoms with Crippen molar-refractivity contribution in [3.05, 3.63) is 58.9 Å². The molecule has 0 aliphatic rings. The van der Waals surface area contributed by atoms with Gasteiger partial charge in [0, 0.05) is 25.4 Å². The van der Waals surface area contributed by atoms with Crippen LogP contribution in [0.25, 0.3) is 0 Å². The summed E-state index contributed by atoms with van der Waals surface area (Å²) in [4.78, 5) is 16.3. The summed E-state index contributed by atoms with van der Waals surface area (Å²) in [5, 5.41) is 0.564. The standard InChI is InChI=1S/C17H19ClNO6P/c1-12-10-13(18)7-8-15(12)24-11-16(20)25-17(26(21,22-2)23-3)14-6-4-5-9-19-14/h4-10,17H,11H2,1-3H3. The number of hydrogen-bond donors (Lipinski definition) is 0. The molecule has 0 saturated heterocycles. The zero-order chi connectivity index (χ0) is 19.2. The summed E-state index contributed by atoms with van der Waals surface area (Å²) < 4.78 is 33.4. The van der Waals surface area contributed by atoms with E-state index in [-0.39, 0.29) is 12.3 Å². The Hall–Kier alpha value is -1.92. The quantitative estimate of drug-likeness (QED) is 0.487. The van der Waals surface area contributed by atoms with E-state index in [1.165, 1.54) is 20.4 Å². The van der Waals surface area contributed by atoms with E-state index in [1.807, 2.05) is 0 Å². The summed E-state index contributed by atoms with van der Waals surface area (Å²) in [6.07, 6.45) is 1.49. The maximum Gasteiger partial charge on any atom is 0.376 e. The minimum absolute atomic E-state index is 0.246. The molecule has 0 aliphatic carbocycles. The van der Waals surface area contributed by atoms with E-state index >= 15 is 0 Å². The molecule has 0 saturated carbocycles. The highest BCUT2D eigenvalue weighted by Crippen LogP contribution is 2.60. The molecule has 140 valence electrons. The number of carbonyl (C=O) groups is 1. The predicted octanol–water partition coefficient (Wildman–Crippen LogP) is 4.15. The Labute approximate surface area is 156 Å². The smallest absolute Gasteiger partial charge is 0.376 e. The lowest BCUT2D eigenvalue weighted by Gasteiger charge is -2.23. The molecule has 0 N–H and O–H groups in total. The van der Waals surface area contributed by atoms with Gasteiger partial charge in [-0.2, -0.15) is 0 Å². The molecule has 7 nitrogen and oxygen atoms in total. The van der Waals surface area contributed by atoms with Gasteiger partial charge in [0.1, 0.15) is 5.75 Å². The van der Waals surface area contributed by atoms with Crippen LogP contribution in [0.3, 0.4) is 0 Å². The van der Waals surface area contributed by atoms with Crippen LogP contribution in [0.2, 0.25) is 5.02 Å². The fourth-order valence-corrected chi connectivity index (χ4v) is 3.63. The Balaban J connectivity index is 2.12. The van der Waals surface area contributed by atoms with Gasteiger partial charge in [-0.05, 0) is 42.8 Å². The zero-order valence-electron chi connectivity index (χ0n) is 14.5. The Kier molecular flexibility index (Phi) is 7.17. The van der Waals surface area contributed by atoms with Crippen LogP contribution in [-0.4, -0.2) is 31.8 Å². The molecule has 1 atom stereocenters. The summed E-state index contributed by atoms with van der Waals surface area (Å²) in [6.45, 7) is 1.41. The maximum absolute atomic E-state index is 12.7. The number of aryl methyl sites for hydroxylation is 1. The maximum atomic E-state index is 12.7. The molecular weight excluding hydrogens is 381 g/mol. The lowest BCUT2D eigenvalue weighted by atomic mass is 10.2. The Morgan fingerprint density at radius 2 is 1.96 bits per heavy atom. The number of pyridine rings is 1. The zero-order valence-corrected chi connectivity index (χ0v) is 16.2. The number of rotatable bonds is 8. The average Bonchev–Trinajstić information content (AvgIpc) is 2.65. The first kappa shape index (κ1) is 20.4. The molecule has 0 fully saturated rings. The second kappa shape index (κ2) is 9.14. The van der Waals surface area contributed by atoms with E-state index in [0.29, 0.717) is 10.8 Å². The molecule has 0 radical (unpaired) electrons. The van der Waals surface area contributed by atoms with Crippen molar-refractivity contribution in [3.8, 4) is 5.75 Å². The van der Waals surface area contributed by atoms with Gasteiger partial charge in [-0.3, -0.25) is 9.55 Å². The van der Waals surface area contributed by atoms with Gasteiger partial charge in [-0.1, -0.05) is 17.7 Å². The van der Waals surface area contributed by atoms with Crippen molar-refractivity contribution in [2.75, 3.05) is 20.8 Å². The van der Waals surface area contributed by atoms with Crippen molar-refractivity contribution < 1.29 is 27.9 Å². The molecule has 1 aromatic carbocycles. The minimum Gasteiger partial charge on any atom is -0.482 e. The number of nitrogens with zero attached hydrogens (tertiary/aromatic N) is 1. The minimum atomic E-state index is -3.76. The molecule has 0 bridgehead atoms. The van der Waals surface area contributed by atoms with E-state index in [1.54, 1.807) is 43.3 Å². The van der Waals surface area contributed by atoms with E-state index in [9.17, 15) is 9.36 Å². The number of aromatic nitrogens is 1. The summed E-state index contributed by atoms with van der Waals surface area (Å²) in [7, 11) is -1.34. The van der Waals surface area contributed by atoms with E-state index < -0.39 is 19.4 Å². The first-order valence-electron chi connectivity index (χ1n) is 7.60. The van der Waals surface area contributed by atoms with Crippen LogP contribution in [0.15, 0.2) is 42.6 Å². The van der Waals surface area contributed by atoms with Gasteiger partial charge in [0.2, 0.25) is 5.85 Å². The summed E-state index contributed by atoms with van der Waals surface area (Å²) in [5.74, 6) is -1.56. The molecule has 0 aliphatic heterocycles.